The lowest BCUT2D eigenvalue weighted by Crippen LogP contribution is -2.41. The molecule has 0 saturated carbocycles. The summed E-state index contributed by atoms with van der Waals surface area (Å²) in [6, 6.07) is -0.380. The molecule has 104 valence electrons. The Bertz CT molecular complexity index is 317. The van der Waals surface area contributed by atoms with E-state index in [0.29, 0.717) is 0 Å². The fourth-order valence-electron chi connectivity index (χ4n) is 1.21. The zero-order valence-corrected chi connectivity index (χ0v) is 11.3. The maximum atomic E-state index is 11.5. The predicted octanol–water partition coefficient (Wildman–Crippen LogP) is -0.173. The fourth-order valence-corrected chi connectivity index (χ4v) is 1.21. The highest BCUT2D eigenvalue weighted by Gasteiger charge is 2.17. The summed E-state index contributed by atoms with van der Waals surface area (Å²) in [4.78, 5) is 36.2. The number of hydrogen-bond donors (Lipinski definition) is 2. The summed E-state index contributed by atoms with van der Waals surface area (Å²) in [7, 11) is 4.80. The third kappa shape index (κ3) is 6.07. The number of carbonyl (C=O) groups excluding carboxylic acids is 2. The van der Waals surface area contributed by atoms with Crippen molar-refractivity contribution in [1.82, 2.24) is 15.1 Å². The van der Waals surface area contributed by atoms with Crippen molar-refractivity contribution in [2.45, 2.75) is 13.3 Å². The van der Waals surface area contributed by atoms with Gasteiger partial charge in [0.1, 0.15) is 0 Å². The first-order chi connectivity index (χ1) is 8.25. The smallest absolute Gasteiger partial charge is 0.317 e. The standard InChI is InChI=1S/C11H21N3O4/c1-8(10(16)17)7-14(4)11(18)12-6-5-9(15)13(2)3/h8H,5-7H2,1-4H3,(H,12,18)(H,16,17). The Morgan fingerprint density at radius 2 is 1.78 bits per heavy atom. The van der Waals surface area contributed by atoms with Crippen LogP contribution in [0.5, 0.6) is 0 Å². The molecule has 0 rings (SSSR count). The molecule has 0 heterocycles. The summed E-state index contributed by atoms with van der Waals surface area (Å²) < 4.78 is 0. The lowest BCUT2D eigenvalue weighted by atomic mass is 10.2. The molecule has 7 heteroatoms. The molecule has 0 saturated heterocycles. The normalized spacial score (nSPS) is 11.6. The van der Waals surface area contributed by atoms with Gasteiger partial charge in [-0.05, 0) is 0 Å². The molecule has 0 aromatic carbocycles. The summed E-state index contributed by atoms with van der Waals surface area (Å²) in [5.74, 6) is -1.64. The van der Waals surface area contributed by atoms with Crippen LogP contribution in [0, 0.1) is 5.92 Å². The van der Waals surface area contributed by atoms with E-state index < -0.39 is 11.9 Å². The summed E-state index contributed by atoms with van der Waals surface area (Å²) in [6.07, 6.45) is 0.223. The largest absolute Gasteiger partial charge is 0.481 e. The average Bonchev–Trinajstić information content (AvgIpc) is 2.27. The maximum Gasteiger partial charge on any atom is 0.317 e. The maximum absolute atomic E-state index is 11.5. The third-order valence-corrected chi connectivity index (χ3v) is 2.43. The van der Waals surface area contributed by atoms with E-state index in [1.165, 1.54) is 23.8 Å². The minimum absolute atomic E-state index is 0.0724. The Balaban J connectivity index is 3.95. The number of carbonyl (C=O) groups is 3. The minimum atomic E-state index is -0.947. The summed E-state index contributed by atoms with van der Waals surface area (Å²) in [5.41, 5.74) is 0. The zero-order valence-electron chi connectivity index (χ0n) is 11.3. The van der Waals surface area contributed by atoms with Crippen LogP contribution in [0.3, 0.4) is 0 Å². The van der Waals surface area contributed by atoms with Gasteiger partial charge in [-0.3, -0.25) is 9.59 Å². The highest BCUT2D eigenvalue weighted by Crippen LogP contribution is 1.98. The number of carboxylic acid groups (broad SMARTS) is 1. The van der Waals surface area contributed by atoms with Crippen LogP contribution in [0.15, 0.2) is 0 Å². The highest BCUT2D eigenvalue weighted by molar-refractivity contribution is 5.78. The number of aliphatic carboxylic acids is 1. The van der Waals surface area contributed by atoms with Crippen molar-refractivity contribution in [2.24, 2.45) is 5.92 Å². The Labute approximate surface area is 107 Å². The van der Waals surface area contributed by atoms with Crippen LogP contribution in [-0.4, -0.2) is 67.0 Å². The fraction of sp³-hybridized carbons (Fsp3) is 0.727. The lowest BCUT2D eigenvalue weighted by molar-refractivity contribution is -0.141. The van der Waals surface area contributed by atoms with Crippen LogP contribution < -0.4 is 5.32 Å². The zero-order chi connectivity index (χ0) is 14.3. The van der Waals surface area contributed by atoms with E-state index in [4.69, 9.17) is 5.11 Å². The Hall–Kier alpha value is -1.79. The van der Waals surface area contributed by atoms with Gasteiger partial charge in [0.25, 0.3) is 0 Å². The van der Waals surface area contributed by atoms with Gasteiger partial charge in [0, 0.05) is 40.7 Å². The van der Waals surface area contributed by atoms with Crippen molar-refractivity contribution in [3.63, 3.8) is 0 Å². The van der Waals surface area contributed by atoms with Crippen LogP contribution in [0.4, 0.5) is 4.79 Å². The molecule has 1 atom stereocenters. The Morgan fingerprint density at radius 1 is 1.22 bits per heavy atom. The second-order valence-corrected chi connectivity index (χ2v) is 4.39. The topological polar surface area (TPSA) is 90.0 Å². The van der Waals surface area contributed by atoms with E-state index in [1.54, 1.807) is 14.1 Å². The van der Waals surface area contributed by atoms with Crippen molar-refractivity contribution in [3.8, 4) is 0 Å². The number of amides is 3. The molecule has 0 bridgehead atoms. The third-order valence-electron chi connectivity index (χ3n) is 2.43. The molecule has 0 aromatic heterocycles. The molecule has 0 aliphatic heterocycles. The van der Waals surface area contributed by atoms with Gasteiger partial charge in [-0.2, -0.15) is 0 Å². The number of hydrogen-bond acceptors (Lipinski definition) is 3. The van der Waals surface area contributed by atoms with Gasteiger partial charge >= 0.3 is 12.0 Å². The molecule has 1 unspecified atom stereocenters. The molecule has 0 aliphatic carbocycles. The number of carboxylic acids is 1. The van der Waals surface area contributed by atoms with Crippen molar-refractivity contribution in [2.75, 3.05) is 34.2 Å². The van der Waals surface area contributed by atoms with E-state index in [-0.39, 0.29) is 31.4 Å². The number of nitrogens with zero attached hydrogens (tertiary/aromatic N) is 2. The first-order valence-electron chi connectivity index (χ1n) is 5.67. The van der Waals surface area contributed by atoms with Gasteiger partial charge in [0.05, 0.1) is 5.92 Å². The molecule has 0 spiro atoms. The quantitative estimate of drug-likeness (QED) is 0.693. The van der Waals surface area contributed by atoms with E-state index in [9.17, 15) is 14.4 Å². The molecule has 7 nitrogen and oxygen atoms in total. The van der Waals surface area contributed by atoms with Crippen molar-refractivity contribution >= 4 is 17.9 Å². The van der Waals surface area contributed by atoms with Crippen LogP contribution in [-0.2, 0) is 9.59 Å². The average molecular weight is 259 g/mol. The summed E-state index contributed by atoms with van der Waals surface area (Å²) in [6.45, 7) is 1.89. The predicted molar refractivity (Wildman–Crippen MR) is 66.1 cm³/mol. The first kappa shape index (κ1) is 16.2. The molecule has 18 heavy (non-hydrogen) atoms. The van der Waals surface area contributed by atoms with Gasteiger partial charge in [-0.15, -0.1) is 0 Å². The van der Waals surface area contributed by atoms with E-state index in [1.807, 2.05) is 0 Å². The van der Waals surface area contributed by atoms with Gasteiger partial charge < -0.3 is 20.2 Å². The van der Waals surface area contributed by atoms with Crippen LogP contribution >= 0.6 is 0 Å². The lowest BCUT2D eigenvalue weighted by Gasteiger charge is -2.20. The van der Waals surface area contributed by atoms with E-state index in [2.05, 4.69) is 5.32 Å². The van der Waals surface area contributed by atoms with Crippen LogP contribution in [0.25, 0.3) is 0 Å². The molecular weight excluding hydrogens is 238 g/mol. The second kappa shape index (κ2) is 7.52. The van der Waals surface area contributed by atoms with Gasteiger partial charge in [0.2, 0.25) is 5.91 Å². The number of rotatable bonds is 6. The summed E-state index contributed by atoms with van der Waals surface area (Å²) in [5, 5.41) is 11.3. The van der Waals surface area contributed by atoms with Crippen molar-refractivity contribution < 1.29 is 19.5 Å². The Kier molecular flexibility index (Phi) is 6.77. The highest BCUT2D eigenvalue weighted by atomic mass is 16.4. The van der Waals surface area contributed by atoms with Crippen LogP contribution in [0.2, 0.25) is 0 Å². The van der Waals surface area contributed by atoms with Crippen LogP contribution in [0.1, 0.15) is 13.3 Å². The molecule has 2 N–H and O–H groups in total. The first-order valence-corrected chi connectivity index (χ1v) is 5.67. The molecule has 0 aromatic rings. The van der Waals surface area contributed by atoms with E-state index >= 15 is 0 Å². The number of nitrogens with one attached hydrogen (secondary N) is 1. The van der Waals surface area contributed by atoms with Crippen molar-refractivity contribution in [3.05, 3.63) is 0 Å². The minimum Gasteiger partial charge on any atom is -0.481 e. The Morgan fingerprint density at radius 3 is 2.22 bits per heavy atom. The monoisotopic (exact) mass is 259 g/mol. The van der Waals surface area contributed by atoms with Crippen molar-refractivity contribution in [1.29, 1.82) is 0 Å². The molecule has 0 fully saturated rings. The molecule has 0 aliphatic rings. The SMILES string of the molecule is CC(CN(C)C(=O)NCCC(=O)N(C)C)C(=O)O. The molecule has 0 radical (unpaired) electrons. The second-order valence-electron chi connectivity index (χ2n) is 4.39. The van der Waals surface area contributed by atoms with Gasteiger partial charge in [-0.1, -0.05) is 6.92 Å². The molecule has 3 amide bonds. The summed E-state index contributed by atoms with van der Waals surface area (Å²) >= 11 is 0. The van der Waals surface area contributed by atoms with E-state index in [0.717, 1.165) is 0 Å². The van der Waals surface area contributed by atoms with Gasteiger partial charge in [0.15, 0.2) is 0 Å². The molecular formula is C11H21N3O4. The number of urea groups is 1. The van der Waals surface area contributed by atoms with Gasteiger partial charge in [-0.25, -0.2) is 4.79 Å².